The van der Waals surface area contributed by atoms with Crippen LogP contribution in [0.3, 0.4) is 0 Å². The maximum absolute atomic E-state index is 14.4. The van der Waals surface area contributed by atoms with Crippen molar-refractivity contribution in [3.8, 4) is 5.75 Å². The van der Waals surface area contributed by atoms with Gasteiger partial charge in [-0.2, -0.15) is 0 Å². The fourth-order valence-electron chi connectivity index (χ4n) is 7.01. The lowest BCUT2D eigenvalue weighted by Gasteiger charge is -2.32. The molecule has 4 rings (SSSR count). The summed E-state index contributed by atoms with van der Waals surface area (Å²) in [6, 6.07) is 7.18. The molecule has 0 aliphatic carbocycles. The maximum Gasteiger partial charge on any atom is 0.326 e. The van der Waals surface area contributed by atoms with Gasteiger partial charge in [-0.3, -0.25) is 24.0 Å². The van der Waals surface area contributed by atoms with E-state index in [0.717, 1.165) is 10.9 Å². The Morgan fingerprint density at radius 2 is 1.41 bits per heavy atom. The first kappa shape index (κ1) is 43.3. The molecule has 304 valence electrons. The van der Waals surface area contributed by atoms with Gasteiger partial charge in [-0.15, -0.1) is 0 Å². The number of para-hydroxylation sites is 1. The topological polar surface area (TPSA) is 236 Å². The van der Waals surface area contributed by atoms with Gasteiger partial charge in [-0.05, 0) is 66.3 Å². The van der Waals surface area contributed by atoms with E-state index in [1.54, 1.807) is 46.0 Å². The van der Waals surface area contributed by atoms with E-state index in [1.807, 2.05) is 38.1 Å². The summed E-state index contributed by atoms with van der Waals surface area (Å²) in [6.45, 7) is 11.1. The highest BCUT2D eigenvalue weighted by Crippen LogP contribution is 2.23. The van der Waals surface area contributed by atoms with Gasteiger partial charge in [-0.25, -0.2) is 4.79 Å². The number of aromatic hydroxyl groups is 1. The number of carboxylic acid groups (broad SMARTS) is 1. The molecule has 1 saturated heterocycles. The van der Waals surface area contributed by atoms with E-state index in [-0.39, 0.29) is 43.4 Å². The molecule has 5 amide bonds. The van der Waals surface area contributed by atoms with E-state index in [2.05, 4.69) is 26.3 Å². The molecule has 1 aromatic heterocycles. The number of carbonyl (C=O) groups is 6. The number of aromatic nitrogens is 1. The third-order valence-electron chi connectivity index (χ3n) is 10.1. The Balaban J connectivity index is 1.53. The van der Waals surface area contributed by atoms with Crippen molar-refractivity contribution in [3.05, 3.63) is 65.9 Å². The average Bonchev–Trinajstić information content (AvgIpc) is 3.80. The van der Waals surface area contributed by atoms with Crippen LogP contribution in [0.1, 0.15) is 71.9 Å². The Kier molecular flexibility index (Phi) is 15.0. The second kappa shape index (κ2) is 19.4. The predicted molar refractivity (Wildman–Crippen MR) is 211 cm³/mol. The van der Waals surface area contributed by atoms with Gasteiger partial charge in [0.2, 0.25) is 29.5 Å². The number of benzene rings is 2. The van der Waals surface area contributed by atoms with Crippen molar-refractivity contribution in [2.75, 3.05) is 6.54 Å². The van der Waals surface area contributed by atoms with Gasteiger partial charge in [0.05, 0.1) is 6.04 Å². The number of H-pyrrole nitrogens is 1. The second-order valence-corrected chi connectivity index (χ2v) is 15.8. The van der Waals surface area contributed by atoms with Crippen LogP contribution < -0.4 is 27.0 Å². The minimum atomic E-state index is -1.27. The van der Waals surface area contributed by atoms with E-state index in [1.165, 1.54) is 17.0 Å². The number of nitrogens with one attached hydrogen (secondary N) is 5. The zero-order chi connectivity index (χ0) is 41.3. The number of carbonyl (C=O) groups excluding carboxylic acids is 5. The molecule has 1 fully saturated rings. The number of nitrogens with zero attached hydrogens (tertiary/aromatic N) is 1. The van der Waals surface area contributed by atoms with Crippen LogP contribution in [0.15, 0.2) is 54.7 Å². The van der Waals surface area contributed by atoms with E-state index in [0.29, 0.717) is 24.0 Å². The highest BCUT2D eigenvalue weighted by Gasteiger charge is 2.40. The summed E-state index contributed by atoms with van der Waals surface area (Å²) in [5, 5.41) is 31.7. The largest absolute Gasteiger partial charge is 0.508 e. The highest BCUT2D eigenvalue weighted by molar-refractivity contribution is 5.97. The fourth-order valence-corrected chi connectivity index (χ4v) is 7.01. The molecule has 56 heavy (non-hydrogen) atoms. The van der Waals surface area contributed by atoms with Crippen LogP contribution in [0.2, 0.25) is 0 Å². The van der Waals surface area contributed by atoms with Crippen LogP contribution in [-0.4, -0.2) is 98.4 Å². The summed E-state index contributed by atoms with van der Waals surface area (Å²) in [5.74, 6) is -4.73. The van der Waals surface area contributed by atoms with E-state index < -0.39 is 77.7 Å². The minimum absolute atomic E-state index is 0.00875. The van der Waals surface area contributed by atoms with Gasteiger partial charge in [0.15, 0.2) is 0 Å². The lowest BCUT2D eigenvalue weighted by atomic mass is 9.97. The van der Waals surface area contributed by atoms with Crippen molar-refractivity contribution < 1.29 is 39.0 Å². The van der Waals surface area contributed by atoms with Crippen LogP contribution >= 0.6 is 0 Å². The van der Waals surface area contributed by atoms with Gasteiger partial charge in [0, 0.05) is 36.5 Å². The second-order valence-electron chi connectivity index (χ2n) is 15.8. The third-order valence-corrected chi connectivity index (χ3v) is 10.1. The Bertz CT molecular complexity index is 1860. The van der Waals surface area contributed by atoms with Crippen LogP contribution in [0.25, 0.3) is 10.9 Å². The SMILES string of the molecule is CC(C)CC(N)C(=O)NC(C(=O)NC(C(=O)NC(Cc1ccc(O)cc1)C(=O)N1CCCC1C(=O)NC(Cc1c[nH]c2ccccc12)C(=O)O)C(C)C)C(C)C. The maximum atomic E-state index is 14.4. The Morgan fingerprint density at radius 3 is 2.02 bits per heavy atom. The summed E-state index contributed by atoms with van der Waals surface area (Å²) < 4.78 is 0. The molecule has 15 heteroatoms. The highest BCUT2D eigenvalue weighted by atomic mass is 16.4. The number of hydrogen-bond donors (Lipinski definition) is 8. The number of likely N-dealkylation sites (tertiary alicyclic amines) is 1. The molecule has 1 aliphatic heterocycles. The Morgan fingerprint density at radius 1 is 0.804 bits per heavy atom. The van der Waals surface area contributed by atoms with E-state index in [4.69, 9.17) is 5.73 Å². The van der Waals surface area contributed by atoms with Gasteiger partial charge in [0.1, 0.15) is 36.0 Å². The van der Waals surface area contributed by atoms with Gasteiger partial charge < -0.3 is 47.1 Å². The number of phenols is 1. The number of carboxylic acids is 1. The van der Waals surface area contributed by atoms with Crippen LogP contribution in [0.5, 0.6) is 5.75 Å². The van der Waals surface area contributed by atoms with E-state index in [9.17, 15) is 39.0 Å². The lowest BCUT2D eigenvalue weighted by Crippen LogP contribution is -2.61. The summed E-state index contributed by atoms with van der Waals surface area (Å²) >= 11 is 0. The van der Waals surface area contributed by atoms with Gasteiger partial charge in [0.25, 0.3) is 0 Å². The first-order chi connectivity index (χ1) is 26.5. The molecule has 2 aromatic carbocycles. The molecule has 0 bridgehead atoms. The summed E-state index contributed by atoms with van der Waals surface area (Å²) in [6.07, 6.45) is 2.90. The number of hydrogen-bond acceptors (Lipinski definition) is 8. The number of aliphatic carboxylic acids is 1. The molecule has 9 N–H and O–H groups in total. The van der Waals surface area contributed by atoms with Gasteiger partial charge >= 0.3 is 5.97 Å². The molecule has 15 nitrogen and oxygen atoms in total. The van der Waals surface area contributed by atoms with E-state index >= 15 is 0 Å². The van der Waals surface area contributed by atoms with Crippen LogP contribution in [0.4, 0.5) is 0 Å². The zero-order valence-electron chi connectivity index (χ0n) is 33.0. The first-order valence-corrected chi connectivity index (χ1v) is 19.3. The molecule has 3 aromatic rings. The minimum Gasteiger partial charge on any atom is -0.508 e. The molecular formula is C41H57N7O8. The number of nitrogens with two attached hydrogens (primary N) is 1. The van der Waals surface area contributed by atoms with Crippen molar-refractivity contribution in [1.29, 1.82) is 0 Å². The summed E-state index contributed by atoms with van der Waals surface area (Å²) in [5.41, 5.74) is 8.23. The quantitative estimate of drug-likeness (QED) is 0.0946. The molecule has 0 radical (unpaired) electrons. The first-order valence-electron chi connectivity index (χ1n) is 19.3. The Hall–Kier alpha value is -5.44. The third kappa shape index (κ3) is 11.3. The smallest absolute Gasteiger partial charge is 0.326 e. The summed E-state index contributed by atoms with van der Waals surface area (Å²) in [7, 11) is 0. The number of aromatic amines is 1. The van der Waals surface area contributed by atoms with Crippen molar-refractivity contribution in [1.82, 2.24) is 31.2 Å². The summed E-state index contributed by atoms with van der Waals surface area (Å²) in [4.78, 5) is 85.5. The molecule has 6 unspecified atom stereocenters. The van der Waals surface area contributed by atoms with Crippen molar-refractivity contribution in [3.63, 3.8) is 0 Å². The normalized spacial score (nSPS) is 17.0. The lowest BCUT2D eigenvalue weighted by molar-refractivity contribution is -0.145. The molecule has 0 saturated carbocycles. The standard InChI is InChI=1S/C41H57N7O8/c1-22(2)18-29(42)36(50)46-35(24(5)6)39(53)47-34(23(3)4)38(52)44-31(19-25-13-15-27(49)16-14-25)40(54)48-17-9-12-33(48)37(51)45-32(41(55)56)20-26-21-43-30-11-8-7-10-28(26)30/h7-8,10-11,13-16,21-24,29,31-35,43,49H,9,12,17-20,42H2,1-6H3,(H,44,52)(H,45,51)(H,46,50)(H,47,53)(H,55,56). The van der Waals surface area contributed by atoms with Crippen LogP contribution in [-0.2, 0) is 41.6 Å². The molecule has 1 aliphatic rings. The molecule has 6 atom stereocenters. The Labute approximate surface area is 327 Å². The molecule has 0 spiro atoms. The average molecular weight is 776 g/mol. The number of fused-ring (bicyclic) bond motifs is 1. The fraction of sp³-hybridized carbons (Fsp3) is 0.512. The predicted octanol–water partition coefficient (Wildman–Crippen LogP) is 2.36. The zero-order valence-corrected chi connectivity index (χ0v) is 33.0. The molecule has 2 heterocycles. The molecular weight excluding hydrogens is 718 g/mol. The van der Waals surface area contributed by atoms with Crippen LogP contribution in [0, 0.1) is 17.8 Å². The number of amides is 5. The van der Waals surface area contributed by atoms with Crippen molar-refractivity contribution >= 4 is 46.4 Å². The van der Waals surface area contributed by atoms with Gasteiger partial charge in [-0.1, -0.05) is 71.9 Å². The number of rotatable bonds is 18. The number of phenolic OH excluding ortho intramolecular Hbond substituents is 1. The van der Waals surface area contributed by atoms with Crippen molar-refractivity contribution in [2.24, 2.45) is 23.5 Å². The monoisotopic (exact) mass is 775 g/mol. The van der Waals surface area contributed by atoms with Crippen molar-refractivity contribution in [2.45, 2.75) is 110 Å².